The molecule has 0 saturated heterocycles. The number of hydrogen-bond acceptors (Lipinski definition) is 5. The highest BCUT2D eigenvalue weighted by atomic mass is 35.5. The Morgan fingerprint density at radius 3 is 2.76 bits per heavy atom. The number of nitrogens with zero attached hydrogens (tertiary/aromatic N) is 4. The SMILES string of the molecule is Cl.Cn1c2c(c3ccc(-n4ccc(OCc5ncc(F)cc5F)cc4=O)nc31)CCNCC2. The highest BCUT2D eigenvalue weighted by Gasteiger charge is 2.18. The molecule has 5 rings (SSSR count). The van der Waals surface area contributed by atoms with Gasteiger partial charge in [0, 0.05) is 49.4 Å². The molecule has 4 aromatic heterocycles. The fourth-order valence-corrected chi connectivity index (χ4v) is 4.13. The summed E-state index contributed by atoms with van der Waals surface area (Å²) in [6.45, 7) is 1.65. The second-order valence-corrected chi connectivity index (χ2v) is 7.72. The first-order valence-corrected chi connectivity index (χ1v) is 10.3. The van der Waals surface area contributed by atoms with Gasteiger partial charge in [-0.1, -0.05) is 0 Å². The summed E-state index contributed by atoms with van der Waals surface area (Å²) in [4.78, 5) is 21.1. The Morgan fingerprint density at radius 2 is 1.97 bits per heavy atom. The van der Waals surface area contributed by atoms with Gasteiger partial charge in [0.15, 0.2) is 5.82 Å². The average Bonchev–Trinajstić information content (AvgIpc) is 2.93. The van der Waals surface area contributed by atoms with Crippen LogP contribution < -0.4 is 15.6 Å². The van der Waals surface area contributed by atoms with Gasteiger partial charge in [0.05, 0.1) is 6.20 Å². The van der Waals surface area contributed by atoms with E-state index < -0.39 is 11.6 Å². The molecule has 0 amide bonds. The maximum Gasteiger partial charge on any atom is 0.259 e. The lowest BCUT2D eigenvalue weighted by molar-refractivity contribution is 0.292. The summed E-state index contributed by atoms with van der Waals surface area (Å²) < 4.78 is 35.7. The fourth-order valence-electron chi connectivity index (χ4n) is 4.13. The number of pyridine rings is 3. The number of rotatable bonds is 4. The van der Waals surface area contributed by atoms with E-state index in [1.807, 2.05) is 19.2 Å². The van der Waals surface area contributed by atoms with Crippen LogP contribution in [0.2, 0.25) is 0 Å². The summed E-state index contributed by atoms with van der Waals surface area (Å²) in [5.41, 5.74) is 3.05. The van der Waals surface area contributed by atoms with E-state index in [1.165, 1.54) is 21.9 Å². The van der Waals surface area contributed by atoms with E-state index in [9.17, 15) is 13.6 Å². The molecular weight excluding hydrogens is 452 g/mol. The quantitative estimate of drug-likeness (QED) is 0.493. The molecule has 1 N–H and O–H groups in total. The van der Waals surface area contributed by atoms with Crippen LogP contribution in [0.3, 0.4) is 0 Å². The molecule has 1 aliphatic heterocycles. The largest absolute Gasteiger partial charge is 0.487 e. The van der Waals surface area contributed by atoms with Crippen LogP contribution in [-0.4, -0.2) is 32.2 Å². The number of halogens is 3. The van der Waals surface area contributed by atoms with Crippen molar-refractivity contribution in [3.8, 4) is 11.6 Å². The molecular formula is C23H22ClF2N5O2. The number of nitrogens with one attached hydrogen (secondary N) is 1. The summed E-state index contributed by atoms with van der Waals surface area (Å²) in [5, 5.41) is 4.52. The van der Waals surface area contributed by atoms with E-state index in [4.69, 9.17) is 9.72 Å². The van der Waals surface area contributed by atoms with Gasteiger partial charge in [-0.15, -0.1) is 12.4 Å². The van der Waals surface area contributed by atoms with Gasteiger partial charge in [0.25, 0.3) is 5.56 Å². The Labute approximate surface area is 194 Å². The first-order valence-electron chi connectivity index (χ1n) is 10.3. The molecule has 0 atom stereocenters. The molecule has 0 fully saturated rings. The molecule has 33 heavy (non-hydrogen) atoms. The van der Waals surface area contributed by atoms with Crippen molar-refractivity contribution in [1.82, 2.24) is 24.4 Å². The van der Waals surface area contributed by atoms with Gasteiger partial charge in [0.1, 0.15) is 35.3 Å². The van der Waals surface area contributed by atoms with Crippen molar-refractivity contribution in [1.29, 1.82) is 0 Å². The van der Waals surface area contributed by atoms with E-state index in [0.717, 1.165) is 49.2 Å². The zero-order chi connectivity index (χ0) is 22.2. The Morgan fingerprint density at radius 1 is 1.15 bits per heavy atom. The zero-order valence-corrected chi connectivity index (χ0v) is 18.7. The van der Waals surface area contributed by atoms with Crippen LogP contribution in [0.25, 0.3) is 16.9 Å². The monoisotopic (exact) mass is 473 g/mol. The van der Waals surface area contributed by atoms with Gasteiger partial charge in [-0.05, 0) is 36.7 Å². The standard InChI is InChI=1S/C23H21F2N5O2.ClH/c1-29-20-5-8-26-7-4-16(20)17-2-3-21(28-23(17)29)30-9-6-15(11-22(30)31)32-13-19-18(25)10-14(24)12-27-19;/h2-3,6,9-12,26H,4-5,7-8,13H2,1H3;1H. The number of fused-ring (bicyclic) bond motifs is 3. The molecule has 172 valence electrons. The molecule has 0 unspecified atom stereocenters. The van der Waals surface area contributed by atoms with Gasteiger partial charge < -0.3 is 14.6 Å². The van der Waals surface area contributed by atoms with Crippen molar-refractivity contribution in [3.05, 3.63) is 81.7 Å². The van der Waals surface area contributed by atoms with Crippen molar-refractivity contribution in [2.24, 2.45) is 7.05 Å². The van der Waals surface area contributed by atoms with Crippen LogP contribution in [-0.2, 0) is 26.5 Å². The van der Waals surface area contributed by atoms with Crippen molar-refractivity contribution in [2.45, 2.75) is 19.4 Å². The summed E-state index contributed by atoms with van der Waals surface area (Å²) >= 11 is 0. The predicted octanol–water partition coefficient (Wildman–Crippen LogP) is 3.09. The molecule has 0 spiro atoms. The number of hydrogen-bond donors (Lipinski definition) is 1. The molecule has 0 bridgehead atoms. The number of aromatic nitrogens is 4. The van der Waals surface area contributed by atoms with Crippen LogP contribution in [0.5, 0.6) is 5.75 Å². The minimum Gasteiger partial charge on any atom is -0.487 e. The first kappa shape index (κ1) is 22.9. The van der Waals surface area contributed by atoms with Crippen LogP contribution in [0.4, 0.5) is 8.78 Å². The van der Waals surface area contributed by atoms with Crippen LogP contribution in [0, 0.1) is 11.6 Å². The van der Waals surface area contributed by atoms with Crippen molar-refractivity contribution in [3.63, 3.8) is 0 Å². The molecule has 0 radical (unpaired) electrons. The first-order chi connectivity index (χ1) is 15.5. The van der Waals surface area contributed by atoms with Gasteiger partial charge in [-0.3, -0.25) is 14.3 Å². The summed E-state index contributed by atoms with van der Waals surface area (Å²) in [5.74, 6) is -0.790. The molecule has 4 aromatic rings. The normalized spacial score (nSPS) is 13.3. The Balaban J connectivity index is 0.00000259. The second-order valence-electron chi connectivity index (χ2n) is 7.72. The summed E-state index contributed by atoms with van der Waals surface area (Å²) in [7, 11) is 2.01. The zero-order valence-electron chi connectivity index (χ0n) is 17.8. The smallest absolute Gasteiger partial charge is 0.259 e. The summed E-state index contributed by atoms with van der Waals surface area (Å²) in [6.07, 6.45) is 4.37. The van der Waals surface area contributed by atoms with Crippen LogP contribution in [0.1, 0.15) is 17.0 Å². The third kappa shape index (κ3) is 4.34. The molecule has 10 heteroatoms. The lowest BCUT2D eigenvalue weighted by atomic mass is 10.1. The topological polar surface area (TPSA) is 74.0 Å². The average molecular weight is 474 g/mol. The van der Waals surface area contributed by atoms with Crippen molar-refractivity contribution >= 4 is 23.4 Å². The lowest BCUT2D eigenvalue weighted by Crippen LogP contribution is -2.18. The van der Waals surface area contributed by atoms with Crippen LogP contribution >= 0.6 is 12.4 Å². The summed E-state index contributed by atoms with van der Waals surface area (Å²) in [6, 6.07) is 7.49. The van der Waals surface area contributed by atoms with Crippen molar-refractivity contribution in [2.75, 3.05) is 13.1 Å². The minimum absolute atomic E-state index is 0. The number of ether oxygens (including phenoxy) is 1. The molecule has 1 aliphatic rings. The van der Waals surface area contributed by atoms with E-state index >= 15 is 0 Å². The minimum atomic E-state index is -0.799. The molecule has 0 aromatic carbocycles. The molecule has 0 saturated carbocycles. The lowest BCUT2D eigenvalue weighted by Gasteiger charge is -2.09. The molecule has 7 nitrogen and oxygen atoms in total. The Hall–Kier alpha value is -3.30. The maximum atomic E-state index is 13.7. The van der Waals surface area contributed by atoms with Gasteiger partial charge in [-0.2, -0.15) is 0 Å². The Kier molecular flexibility index (Phi) is 6.44. The molecule has 5 heterocycles. The third-order valence-electron chi connectivity index (χ3n) is 5.74. The van der Waals surface area contributed by atoms with Gasteiger partial charge in [-0.25, -0.2) is 13.8 Å². The maximum absolute atomic E-state index is 13.7. The van der Waals surface area contributed by atoms with Crippen molar-refractivity contribution < 1.29 is 13.5 Å². The molecule has 0 aliphatic carbocycles. The second kappa shape index (κ2) is 9.29. The fraction of sp³-hybridized carbons (Fsp3) is 0.261. The predicted molar refractivity (Wildman–Crippen MR) is 122 cm³/mol. The third-order valence-corrected chi connectivity index (χ3v) is 5.74. The van der Waals surface area contributed by atoms with Crippen LogP contribution in [0.15, 0.2) is 47.5 Å². The highest BCUT2D eigenvalue weighted by Crippen LogP contribution is 2.27. The van der Waals surface area contributed by atoms with E-state index in [-0.39, 0.29) is 36.0 Å². The van der Waals surface area contributed by atoms with Gasteiger partial charge in [0.2, 0.25) is 0 Å². The number of aryl methyl sites for hydroxylation is 1. The van der Waals surface area contributed by atoms with Gasteiger partial charge >= 0.3 is 0 Å². The van der Waals surface area contributed by atoms with E-state index in [1.54, 1.807) is 12.3 Å². The Bertz CT molecular complexity index is 1390. The van der Waals surface area contributed by atoms with E-state index in [2.05, 4.69) is 14.9 Å². The highest BCUT2D eigenvalue weighted by molar-refractivity contribution is 5.85. The van der Waals surface area contributed by atoms with E-state index in [0.29, 0.717) is 5.82 Å².